The lowest BCUT2D eigenvalue weighted by molar-refractivity contribution is 0.0399. The van der Waals surface area contributed by atoms with Crippen molar-refractivity contribution in [3.63, 3.8) is 0 Å². The van der Waals surface area contributed by atoms with Crippen LogP contribution >= 0.6 is 15.9 Å². The second-order valence-corrected chi connectivity index (χ2v) is 7.79. The summed E-state index contributed by atoms with van der Waals surface area (Å²) in [6, 6.07) is 9.27. The van der Waals surface area contributed by atoms with E-state index in [0.717, 1.165) is 16.8 Å². The van der Waals surface area contributed by atoms with Crippen molar-refractivity contribution in [2.45, 2.75) is 50.6 Å². The minimum absolute atomic E-state index is 0.277. The molecule has 21 heavy (non-hydrogen) atoms. The van der Waals surface area contributed by atoms with Crippen molar-refractivity contribution in [2.75, 3.05) is 21.1 Å². The molecule has 2 rings (SSSR count). The minimum Gasteiger partial charge on any atom is -0.315 e. The van der Waals surface area contributed by atoms with E-state index in [4.69, 9.17) is 0 Å². The highest BCUT2D eigenvalue weighted by Crippen LogP contribution is 2.39. The summed E-state index contributed by atoms with van der Waals surface area (Å²) >= 11 is 3.52. The molecule has 118 valence electrons. The van der Waals surface area contributed by atoms with E-state index >= 15 is 0 Å². The molecule has 2 nitrogen and oxygen atoms in total. The topological polar surface area (TPSA) is 15.3 Å². The minimum atomic E-state index is 0.277. The Kier molecular flexibility index (Phi) is 5.87. The SMILES string of the molecule is CNC(Cc1ccc(Br)cc1)C1(N(C)C)CCCC(C)C1. The summed E-state index contributed by atoms with van der Waals surface area (Å²) in [6.07, 6.45) is 6.41. The van der Waals surface area contributed by atoms with E-state index in [1.54, 1.807) is 0 Å². The van der Waals surface area contributed by atoms with E-state index < -0.39 is 0 Å². The molecule has 1 fully saturated rings. The average Bonchev–Trinajstić information content (AvgIpc) is 2.46. The van der Waals surface area contributed by atoms with E-state index in [0.29, 0.717) is 6.04 Å². The number of rotatable bonds is 5. The molecule has 1 aliphatic rings. The van der Waals surface area contributed by atoms with Crippen molar-refractivity contribution >= 4 is 15.9 Å². The fraction of sp³-hybridized carbons (Fsp3) is 0.667. The quantitative estimate of drug-likeness (QED) is 0.858. The van der Waals surface area contributed by atoms with Crippen LogP contribution in [0.2, 0.25) is 0 Å². The molecule has 0 aromatic heterocycles. The van der Waals surface area contributed by atoms with Crippen LogP contribution in [0.25, 0.3) is 0 Å². The Morgan fingerprint density at radius 2 is 2.00 bits per heavy atom. The van der Waals surface area contributed by atoms with Gasteiger partial charge in [-0.3, -0.25) is 0 Å². The first-order chi connectivity index (χ1) is 9.98. The first-order valence-corrected chi connectivity index (χ1v) is 8.86. The van der Waals surface area contributed by atoms with Gasteiger partial charge in [-0.05, 0) is 64.0 Å². The van der Waals surface area contributed by atoms with Gasteiger partial charge >= 0.3 is 0 Å². The van der Waals surface area contributed by atoms with E-state index in [1.165, 1.54) is 31.2 Å². The number of hydrogen-bond donors (Lipinski definition) is 1. The largest absolute Gasteiger partial charge is 0.315 e. The number of nitrogens with zero attached hydrogens (tertiary/aromatic N) is 1. The number of hydrogen-bond acceptors (Lipinski definition) is 2. The van der Waals surface area contributed by atoms with Gasteiger partial charge in [0.2, 0.25) is 0 Å². The molecule has 1 N–H and O–H groups in total. The maximum atomic E-state index is 3.62. The Labute approximate surface area is 138 Å². The van der Waals surface area contributed by atoms with Gasteiger partial charge in [-0.15, -0.1) is 0 Å². The molecule has 3 unspecified atom stereocenters. The zero-order valence-corrected chi connectivity index (χ0v) is 15.4. The lowest BCUT2D eigenvalue weighted by atomic mass is 9.70. The van der Waals surface area contributed by atoms with Crippen molar-refractivity contribution in [1.82, 2.24) is 10.2 Å². The first kappa shape index (κ1) is 17.0. The van der Waals surface area contributed by atoms with Gasteiger partial charge in [0.15, 0.2) is 0 Å². The molecule has 0 aliphatic heterocycles. The molecule has 3 heteroatoms. The lowest BCUT2D eigenvalue weighted by Gasteiger charge is -2.50. The number of likely N-dealkylation sites (N-methyl/N-ethyl adjacent to an activating group) is 2. The molecule has 0 bridgehead atoms. The average molecular weight is 353 g/mol. The molecule has 3 atom stereocenters. The van der Waals surface area contributed by atoms with Gasteiger partial charge in [0.05, 0.1) is 0 Å². The van der Waals surface area contributed by atoms with Crippen molar-refractivity contribution in [3.05, 3.63) is 34.3 Å². The normalized spacial score (nSPS) is 27.8. The van der Waals surface area contributed by atoms with Crippen LogP contribution in [-0.4, -0.2) is 37.6 Å². The molecular weight excluding hydrogens is 324 g/mol. The van der Waals surface area contributed by atoms with Crippen molar-refractivity contribution < 1.29 is 0 Å². The molecule has 1 saturated carbocycles. The molecule has 1 aliphatic carbocycles. The summed E-state index contributed by atoms with van der Waals surface area (Å²) < 4.78 is 1.15. The smallest absolute Gasteiger partial charge is 0.0362 e. The number of halogens is 1. The predicted octanol–water partition coefficient (Wildman–Crippen LogP) is 4.09. The van der Waals surface area contributed by atoms with Gasteiger partial charge in [-0.25, -0.2) is 0 Å². The Morgan fingerprint density at radius 1 is 1.33 bits per heavy atom. The van der Waals surface area contributed by atoms with Crippen LogP contribution in [0.3, 0.4) is 0 Å². The Morgan fingerprint density at radius 3 is 2.52 bits per heavy atom. The second kappa shape index (κ2) is 7.26. The van der Waals surface area contributed by atoms with Crippen LogP contribution < -0.4 is 5.32 Å². The third kappa shape index (κ3) is 3.88. The standard InChI is InChI=1S/C18H29BrN2/c1-14-6-5-11-18(13-14,21(3)4)17(20-2)12-15-7-9-16(19)10-8-15/h7-10,14,17,20H,5-6,11-13H2,1-4H3. The monoisotopic (exact) mass is 352 g/mol. The predicted molar refractivity (Wildman–Crippen MR) is 94.7 cm³/mol. The van der Waals surface area contributed by atoms with Crippen LogP contribution in [0.15, 0.2) is 28.7 Å². The number of nitrogens with one attached hydrogen (secondary N) is 1. The summed E-state index contributed by atoms with van der Waals surface area (Å²) in [4.78, 5) is 2.47. The molecule has 1 aromatic rings. The van der Waals surface area contributed by atoms with Gasteiger partial charge in [0, 0.05) is 16.1 Å². The summed E-state index contributed by atoms with van der Waals surface area (Å²) in [5, 5.41) is 3.62. The zero-order chi connectivity index (χ0) is 15.5. The van der Waals surface area contributed by atoms with Crippen LogP contribution in [0, 0.1) is 5.92 Å². The third-order valence-corrected chi connectivity index (χ3v) is 5.78. The molecular formula is C18H29BrN2. The van der Waals surface area contributed by atoms with E-state index in [9.17, 15) is 0 Å². The third-order valence-electron chi connectivity index (χ3n) is 5.25. The van der Waals surface area contributed by atoms with Gasteiger partial charge in [0.1, 0.15) is 0 Å². The maximum absolute atomic E-state index is 3.62. The van der Waals surface area contributed by atoms with Crippen molar-refractivity contribution in [2.24, 2.45) is 5.92 Å². The van der Waals surface area contributed by atoms with Gasteiger partial charge < -0.3 is 10.2 Å². The van der Waals surface area contributed by atoms with E-state index in [1.807, 2.05) is 0 Å². The van der Waals surface area contributed by atoms with E-state index in [2.05, 4.69) is 78.5 Å². The summed E-state index contributed by atoms with van der Waals surface area (Å²) in [6.45, 7) is 2.41. The summed E-state index contributed by atoms with van der Waals surface area (Å²) in [5.74, 6) is 0.821. The fourth-order valence-corrected chi connectivity index (χ4v) is 4.28. The summed E-state index contributed by atoms with van der Waals surface area (Å²) in [7, 11) is 6.63. The van der Waals surface area contributed by atoms with Gasteiger partial charge in [0.25, 0.3) is 0 Å². The highest BCUT2D eigenvalue weighted by atomic mass is 79.9. The van der Waals surface area contributed by atoms with Crippen molar-refractivity contribution in [3.8, 4) is 0 Å². The highest BCUT2D eigenvalue weighted by molar-refractivity contribution is 9.10. The fourth-order valence-electron chi connectivity index (χ4n) is 4.02. The molecule has 0 saturated heterocycles. The molecule has 0 spiro atoms. The molecule has 0 radical (unpaired) electrons. The maximum Gasteiger partial charge on any atom is 0.0362 e. The lowest BCUT2D eigenvalue weighted by Crippen LogP contribution is -2.61. The Hall–Kier alpha value is -0.380. The molecule has 0 heterocycles. The Bertz CT molecular complexity index is 443. The van der Waals surface area contributed by atoms with Gasteiger partial charge in [-0.1, -0.05) is 47.8 Å². The highest BCUT2D eigenvalue weighted by Gasteiger charge is 2.42. The molecule has 0 amide bonds. The van der Waals surface area contributed by atoms with Crippen molar-refractivity contribution in [1.29, 1.82) is 0 Å². The molecule has 1 aromatic carbocycles. The van der Waals surface area contributed by atoms with Crippen LogP contribution in [0.4, 0.5) is 0 Å². The summed E-state index contributed by atoms with van der Waals surface area (Å²) in [5.41, 5.74) is 1.69. The van der Waals surface area contributed by atoms with Crippen LogP contribution in [0.5, 0.6) is 0 Å². The Balaban J connectivity index is 2.21. The van der Waals surface area contributed by atoms with Gasteiger partial charge in [-0.2, -0.15) is 0 Å². The van der Waals surface area contributed by atoms with Crippen LogP contribution in [0.1, 0.15) is 38.2 Å². The number of benzene rings is 1. The van der Waals surface area contributed by atoms with Crippen LogP contribution in [-0.2, 0) is 6.42 Å². The second-order valence-electron chi connectivity index (χ2n) is 6.87. The first-order valence-electron chi connectivity index (χ1n) is 8.07. The van der Waals surface area contributed by atoms with E-state index in [-0.39, 0.29) is 5.54 Å². The zero-order valence-electron chi connectivity index (χ0n) is 13.8.